The zero-order valence-corrected chi connectivity index (χ0v) is 20.6. The molecule has 0 aliphatic rings. The Morgan fingerprint density at radius 2 is 2.06 bits per heavy atom. The number of carbonyl (C=O) groups excluding carboxylic acids is 1. The number of ether oxygens (including phenoxy) is 2. The monoisotopic (exact) mass is 557 g/mol. The first-order chi connectivity index (χ1) is 16.8. The van der Waals surface area contributed by atoms with Crippen LogP contribution in [-0.4, -0.2) is 24.2 Å². The summed E-state index contributed by atoms with van der Waals surface area (Å²) < 4.78 is 26.0. The highest BCUT2D eigenvalue weighted by atomic mass is 79.9. The summed E-state index contributed by atoms with van der Waals surface area (Å²) in [6.45, 7) is 0.147. The van der Waals surface area contributed by atoms with Crippen LogP contribution in [0.3, 0.4) is 0 Å². The summed E-state index contributed by atoms with van der Waals surface area (Å²) in [6, 6.07) is 15.5. The van der Waals surface area contributed by atoms with Crippen molar-refractivity contribution < 1.29 is 23.6 Å². The number of halogens is 2. The number of nitrogens with one attached hydrogen (secondary N) is 1. The molecule has 1 aromatic heterocycles. The summed E-state index contributed by atoms with van der Waals surface area (Å²) in [5.41, 5.74) is 3.71. The number of nitrogens with zero attached hydrogens (tertiary/aromatic N) is 2. The highest BCUT2D eigenvalue weighted by molar-refractivity contribution is 9.10. The number of carbonyl (C=O) groups is 1. The standard InChI is InChI=1S/C24H17BrFN3O5S/c1-33-20-9-15(8-19(25)23(20)34-13-14-3-2-4-17(26)7-14)12-27-28-24(30)22-11-16-10-18(29(31)32)5-6-21(16)35-22/h2-12H,13H2,1H3,(H,28,30)/b27-12-. The molecule has 178 valence electrons. The van der Waals surface area contributed by atoms with Gasteiger partial charge in [-0.15, -0.1) is 11.3 Å². The average Bonchev–Trinajstić information content (AvgIpc) is 3.26. The Balaban J connectivity index is 1.44. The zero-order valence-electron chi connectivity index (χ0n) is 18.2. The molecule has 0 unspecified atom stereocenters. The third-order valence-corrected chi connectivity index (χ3v) is 6.54. The maximum atomic E-state index is 13.4. The Hall–Kier alpha value is -3.83. The van der Waals surface area contributed by atoms with Gasteiger partial charge in [-0.25, -0.2) is 9.82 Å². The number of hydrogen-bond donors (Lipinski definition) is 1. The molecule has 4 rings (SSSR count). The van der Waals surface area contributed by atoms with Crippen molar-refractivity contribution in [1.29, 1.82) is 0 Å². The molecule has 8 nitrogen and oxygen atoms in total. The lowest BCUT2D eigenvalue weighted by molar-refractivity contribution is -0.384. The second kappa shape index (κ2) is 10.6. The zero-order chi connectivity index (χ0) is 24.9. The molecule has 0 bridgehead atoms. The van der Waals surface area contributed by atoms with E-state index in [4.69, 9.17) is 9.47 Å². The van der Waals surface area contributed by atoms with Gasteiger partial charge in [-0.1, -0.05) is 12.1 Å². The fourth-order valence-corrected chi connectivity index (χ4v) is 4.72. The van der Waals surface area contributed by atoms with Crippen molar-refractivity contribution in [2.45, 2.75) is 6.61 Å². The van der Waals surface area contributed by atoms with E-state index in [1.807, 2.05) is 0 Å². The number of rotatable bonds is 8. The summed E-state index contributed by atoms with van der Waals surface area (Å²) in [5, 5.41) is 15.6. The van der Waals surface area contributed by atoms with Gasteiger partial charge < -0.3 is 9.47 Å². The highest BCUT2D eigenvalue weighted by Crippen LogP contribution is 2.37. The van der Waals surface area contributed by atoms with Crippen LogP contribution in [0, 0.1) is 15.9 Å². The number of hydrazone groups is 1. The molecule has 11 heteroatoms. The minimum Gasteiger partial charge on any atom is -0.493 e. The molecule has 0 aliphatic carbocycles. The molecule has 0 saturated heterocycles. The molecule has 0 saturated carbocycles. The SMILES string of the molecule is COc1cc(/C=N\NC(=O)c2cc3cc([N+](=O)[O-])ccc3s2)cc(Br)c1OCc1cccc(F)c1. The van der Waals surface area contributed by atoms with Crippen LogP contribution in [0.4, 0.5) is 10.1 Å². The summed E-state index contributed by atoms with van der Waals surface area (Å²) in [7, 11) is 1.49. The van der Waals surface area contributed by atoms with Crippen LogP contribution >= 0.6 is 27.3 Å². The molecule has 0 atom stereocenters. The summed E-state index contributed by atoms with van der Waals surface area (Å²) in [5.74, 6) is 0.0841. The van der Waals surface area contributed by atoms with Gasteiger partial charge in [0.1, 0.15) is 12.4 Å². The van der Waals surface area contributed by atoms with E-state index >= 15 is 0 Å². The molecule has 0 radical (unpaired) electrons. The molecule has 3 aromatic carbocycles. The number of nitro benzene ring substituents is 1. The van der Waals surface area contributed by atoms with E-state index in [2.05, 4.69) is 26.5 Å². The molecule has 1 amide bonds. The first-order valence-corrected chi connectivity index (χ1v) is 11.7. The quantitative estimate of drug-likeness (QED) is 0.161. The van der Waals surface area contributed by atoms with Gasteiger partial charge in [0.15, 0.2) is 11.5 Å². The summed E-state index contributed by atoms with van der Waals surface area (Å²) in [4.78, 5) is 23.3. The van der Waals surface area contributed by atoms with Crippen molar-refractivity contribution in [3.05, 3.63) is 97.1 Å². The highest BCUT2D eigenvalue weighted by Gasteiger charge is 2.14. The number of nitro groups is 1. The average molecular weight is 558 g/mol. The van der Waals surface area contributed by atoms with Crippen LogP contribution in [0.1, 0.15) is 20.8 Å². The second-order valence-corrected chi connectivity index (χ2v) is 9.18. The smallest absolute Gasteiger partial charge is 0.281 e. The maximum absolute atomic E-state index is 13.4. The van der Waals surface area contributed by atoms with E-state index < -0.39 is 10.8 Å². The lowest BCUT2D eigenvalue weighted by atomic mass is 10.2. The van der Waals surface area contributed by atoms with Gasteiger partial charge in [-0.05, 0) is 63.5 Å². The first kappa shape index (κ1) is 24.3. The number of non-ortho nitro benzene ring substituents is 1. The van der Waals surface area contributed by atoms with Gasteiger partial charge in [0, 0.05) is 22.2 Å². The Bertz CT molecular complexity index is 1460. The lowest BCUT2D eigenvalue weighted by Gasteiger charge is -2.13. The van der Waals surface area contributed by atoms with E-state index in [9.17, 15) is 19.3 Å². The van der Waals surface area contributed by atoms with E-state index in [0.29, 0.717) is 37.4 Å². The van der Waals surface area contributed by atoms with Crippen LogP contribution in [0.25, 0.3) is 10.1 Å². The number of thiophene rings is 1. The van der Waals surface area contributed by atoms with Crippen LogP contribution < -0.4 is 14.9 Å². The van der Waals surface area contributed by atoms with Crippen molar-refractivity contribution in [2.75, 3.05) is 7.11 Å². The van der Waals surface area contributed by atoms with Crippen molar-refractivity contribution >= 4 is 55.2 Å². The topological polar surface area (TPSA) is 103 Å². The van der Waals surface area contributed by atoms with Crippen LogP contribution in [0.15, 0.2) is 70.2 Å². The summed E-state index contributed by atoms with van der Waals surface area (Å²) in [6.07, 6.45) is 1.44. The van der Waals surface area contributed by atoms with Crippen molar-refractivity contribution in [3.8, 4) is 11.5 Å². The first-order valence-electron chi connectivity index (χ1n) is 10.1. The Kier molecular flexibility index (Phi) is 7.37. The number of methoxy groups -OCH3 is 1. The fraction of sp³-hybridized carbons (Fsp3) is 0.0833. The minimum absolute atomic E-state index is 0.0387. The molecule has 4 aromatic rings. The molecule has 0 spiro atoms. The van der Waals surface area contributed by atoms with Crippen LogP contribution in [0.2, 0.25) is 0 Å². The third kappa shape index (κ3) is 5.81. The van der Waals surface area contributed by atoms with E-state index in [0.717, 1.165) is 4.70 Å². The number of fused-ring (bicyclic) bond motifs is 1. The lowest BCUT2D eigenvalue weighted by Crippen LogP contribution is -2.16. The van der Waals surface area contributed by atoms with Crippen molar-refractivity contribution in [3.63, 3.8) is 0 Å². The van der Waals surface area contributed by atoms with Crippen LogP contribution in [-0.2, 0) is 6.61 Å². The largest absolute Gasteiger partial charge is 0.493 e. The number of amides is 1. The molecule has 35 heavy (non-hydrogen) atoms. The number of benzene rings is 3. The van der Waals surface area contributed by atoms with Crippen molar-refractivity contribution in [1.82, 2.24) is 5.43 Å². The molecule has 0 fully saturated rings. The Morgan fingerprint density at radius 1 is 1.23 bits per heavy atom. The van der Waals surface area contributed by atoms with Gasteiger partial charge in [-0.3, -0.25) is 14.9 Å². The van der Waals surface area contributed by atoms with Gasteiger partial charge in [0.05, 0.1) is 27.6 Å². The second-order valence-electron chi connectivity index (χ2n) is 7.24. The predicted molar refractivity (Wildman–Crippen MR) is 135 cm³/mol. The maximum Gasteiger partial charge on any atom is 0.281 e. The molecular weight excluding hydrogens is 541 g/mol. The molecule has 0 aliphatic heterocycles. The van der Waals surface area contributed by atoms with Gasteiger partial charge in [0.25, 0.3) is 11.6 Å². The van der Waals surface area contributed by atoms with E-state index in [-0.39, 0.29) is 18.1 Å². The Morgan fingerprint density at radius 3 is 2.80 bits per heavy atom. The van der Waals surface area contributed by atoms with E-state index in [1.165, 1.54) is 48.9 Å². The van der Waals surface area contributed by atoms with Gasteiger partial charge >= 0.3 is 0 Å². The number of hydrogen-bond acceptors (Lipinski definition) is 7. The fourth-order valence-electron chi connectivity index (χ4n) is 3.21. The van der Waals surface area contributed by atoms with E-state index in [1.54, 1.807) is 36.4 Å². The molecule has 1 heterocycles. The minimum atomic E-state index is -0.481. The summed E-state index contributed by atoms with van der Waals surface area (Å²) >= 11 is 4.66. The predicted octanol–water partition coefficient (Wildman–Crippen LogP) is 6.06. The van der Waals surface area contributed by atoms with Gasteiger partial charge in [0.2, 0.25) is 0 Å². The molecule has 1 N–H and O–H groups in total. The van der Waals surface area contributed by atoms with Crippen LogP contribution in [0.5, 0.6) is 11.5 Å². The normalized spacial score (nSPS) is 11.1. The van der Waals surface area contributed by atoms with Gasteiger partial charge in [-0.2, -0.15) is 5.10 Å². The molecular formula is C24H17BrFN3O5S. The van der Waals surface area contributed by atoms with Crippen molar-refractivity contribution in [2.24, 2.45) is 5.10 Å². The Labute approximate surface area is 211 Å². The third-order valence-electron chi connectivity index (χ3n) is 4.84.